The number of nitrogens with one attached hydrogen (secondary N) is 3. The van der Waals surface area contributed by atoms with Gasteiger partial charge >= 0.3 is 0 Å². The summed E-state index contributed by atoms with van der Waals surface area (Å²) in [5, 5.41) is 11.2. The Bertz CT molecular complexity index is 515. The summed E-state index contributed by atoms with van der Waals surface area (Å²) in [5.41, 5.74) is 1.18. The van der Waals surface area contributed by atoms with Crippen LogP contribution in [0.5, 0.6) is 0 Å². The van der Waals surface area contributed by atoms with Gasteiger partial charge in [0.15, 0.2) is 5.96 Å². The predicted octanol–water partition coefficient (Wildman–Crippen LogP) is 4.23. The molecule has 0 aromatic heterocycles. The maximum Gasteiger partial charge on any atom is 0.191 e. The average Bonchev–Trinajstić information content (AvgIpc) is 2.43. The smallest absolute Gasteiger partial charge is 0.191 e. The molecule has 23 heavy (non-hydrogen) atoms. The summed E-state index contributed by atoms with van der Waals surface area (Å²) in [7, 11) is 1.76. The van der Waals surface area contributed by atoms with Gasteiger partial charge in [-0.05, 0) is 45.4 Å². The van der Waals surface area contributed by atoms with E-state index in [0.717, 1.165) is 24.6 Å². The van der Waals surface area contributed by atoms with E-state index in [0.29, 0.717) is 10.0 Å². The maximum atomic E-state index is 6.06. The van der Waals surface area contributed by atoms with E-state index in [9.17, 15) is 0 Å². The van der Waals surface area contributed by atoms with Crippen molar-refractivity contribution in [2.75, 3.05) is 20.1 Å². The standard InChI is InChI=1S/C16H26Cl2N4.HI/c1-11(12-6-7-13(17)14(18)10-12)22-15(19-5)20-8-9-21-16(2,3)4;/h6-7,10-11,21H,8-9H2,1-5H3,(H2,19,20,22);1H. The normalized spacial score (nSPS) is 13.3. The number of nitrogens with zero attached hydrogens (tertiary/aromatic N) is 1. The maximum absolute atomic E-state index is 6.06. The number of hydrogen-bond acceptors (Lipinski definition) is 2. The zero-order valence-electron chi connectivity index (χ0n) is 14.3. The zero-order chi connectivity index (χ0) is 16.8. The van der Waals surface area contributed by atoms with Crippen molar-refractivity contribution < 1.29 is 0 Å². The first-order valence-electron chi connectivity index (χ1n) is 7.40. The minimum Gasteiger partial charge on any atom is -0.355 e. The summed E-state index contributed by atoms with van der Waals surface area (Å²) in [6.45, 7) is 10.2. The number of hydrogen-bond donors (Lipinski definition) is 3. The molecule has 0 aliphatic rings. The van der Waals surface area contributed by atoms with Crippen LogP contribution in [0.4, 0.5) is 0 Å². The van der Waals surface area contributed by atoms with Crippen molar-refractivity contribution in [3.05, 3.63) is 33.8 Å². The first-order valence-corrected chi connectivity index (χ1v) is 8.15. The highest BCUT2D eigenvalue weighted by Gasteiger charge is 2.10. The first kappa shape index (κ1) is 22.8. The van der Waals surface area contributed by atoms with Gasteiger partial charge in [0.25, 0.3) is 0 Å². The fourth-order valence-electron chi connectivity index (χ4n) is 1.88. The molecule has 0 heterocycles. The Morgan fingerprint density at radius 3 is 2.35 bits per heavy atom. The predicted molar refractivity (Wildman–Crippen MR) is 113 cm³/mol. The third-order valence-electron chi connectivity index (χ3n) is 3.09. The third-order valence-corrected chi connectivity index (χ3v) is 3.83. The monoisotopic (exact) mass is 472 g/mol. The van der Waals surface area contributed by atoms with Crippen LogP contribution < -0.4 is 16.0 Å². The van der Waals surface area contributed by atoms with E-state index < -0.39 is 0 Å². The van der Waals surface area contributed by atoms with Crippen LogP contribution in [0.2, 0.25) is 10.0 Å². The molecule has 1 aromatic carbocycles. The lowest BCUT2D eigenvalue weighted by molar-refractivity contribution is 0.428. The van der Waals surface area contributed by atoms with E-state index in [4.69, 9.17) is 23.2 Å². The Morgan fingerprint density at radius 2 is 1.83 bits per heavy atom. The van der Waals surface area contributed by atoms with Crippen LogP contribution in [0.25, 0.3) is 0 Å². The van der Waals surface area contributed by atoms with Crippen LogP contribution in [0.15, 0.2) is 23.2 Å². The summed E-state index contributed by atoms with van der Waals surface area (Å²) >= 11 is 12.0. The molecular formula is C16H27Cl2IN4. The van der Waals surface area contributed by atoms with E-state index in [1.54, 1.807) is 13.1 Å². The molecule has 0 amide bonds. The van der Waals surface area contributed by atoms with Crippen molar-refractivity contribution in [2.45, 2.75) is 39.3 Å². The zero-order valence-corrected chi connectivity index (χ0v) is 18.2. The Kier molecular flexibility index (Phi) is 10.5. The quantitative estimate of drug-likeness (QED) is 0.260. The van der Waals surface area contributed by atoms with Crippen molar-refractivity contribution in [3.8, 4) is 0 Å². The van der Waals surface area contributed by atoms with E-state index in [1.165, 1.54) is 0 Å². The Labute approximate surface area is 166 Å². The van der Waals surface area contributed by atoms with Crippen LogP contribution in [-0.2, 0) is 0 Å². The van der Waals surface area contributed by atoms with Gasteiger partial charge in [0.1, 0.15) is 0 Å². The van der Waals surface area contributed by atoms with Crippen molar-refractivity contribution in [3.63, 3.8) is 0 Å². The molecule has 1 atom stereocenters. The lowest BCUT2D eigenvalue weighted by Crippen LogP contribution is -2.45. The number of halogens is 3. The molecule has 0 saturated carbocycles. The second kappa shape index (κ2) is 10.6. The minimum atomic E-state index is 0. The topological polar surface area (TPSA) is 48.5 Å². The van der Waals surface area contributed by atoms with Gasteiger partial charge in [-0.15, -0.1) is 24.0 Å². The van der Waals surface area contributed by atoms with E-state index in [2.05, 4.69) is 48.6 Å². The van der Waals surface area contributed by atoms with Crippen molar-refractivity contribution in [1.29, 1.82) is 0 Å². The second-order valence-corrected chi connectivity index (χ2v) is 7.03. The third kappa shape index (κ3) is 8.98. The van der Waals surface area contributed by atoms with E-state index in [-0.39, 0.29) is 35.6 Å². The van der Waals surface area contributed by atoms with Crippen LogP contribution in [0, 0.1) is 0 Å². The number of aliphatic imine (C=N–C) groups is 1. The highest BCUT2D eigenvalue weighted by molar-refractivity contribution is 14.0. The number of rotatable bonds is 5. The van der Waals surface area contributed by atoms with Crippen LogP contribution in [0.3, 0.4) is 0 Å². The van der Waals surface area contributed by atoms with Crippen LogP contribution in [0.1, 0.15) is 39.3 Å². The second-order valence-electron chi connectivity index (χ2n) is 6.22. The van der Waals surface area contributed by atoms with E-state index >= 15 is 0 Å². The molecule has 0 saturated heterocycles. The summed E-state index contributed by atoms with van der Waals surface area (Å²) in [6, 6.07) is 5.72. The molecule has 1 rings (SSSR count). The van der Waals surface area contributed by atoms with Gasteiger partial charge in [-0.3, -0.25) is 4.99 Å². The van der Waals surface area contributed by atoms with Crippen molar-refractivity contribution in [1.82, 2.24) is 16.0 Å². The Balaban J connectivity index is 0.00000484. The van der Waals surface area contributed by atoms with Gasteiger partial charge in [-0.1, -0.05) is 29.3 Å². The molecule has 0 fully saturated rings. The summed E-state index contributed by atoms with van der Waals surface area (Å²) < 4.78 is 0. The Hall–Kier alpha value is -0.240. The van der Waals surface area contributed by atoms with E-state index in [1.807, 2.05) is 12.1 Å². The molecular weight excluding hydrogens is 446 g/mol. The summed E-state index contributed by atoms with van der Waals surface area (Å²) in [5.74, 6) is 0.759. The van der Waals surface area contributed by atoms with Gasteiger partial charge < -0.3 is 16.0 Å². The largest absolute Gasteiger partial charge is 0.355 e. The van der Waals surface area contributed by atoms with Crippen molar-refractivity contribution in [2.24, 2.45) is 4.99 Å². The first-order chi connectivity index (χ1) is 10.2. The fraction of sp³-hybridized carbons (Fsp3) is 0.562. The molecule has 0 radical (unpaired) electrons. The fourth-order valence-corrected chi connectivity index (χ4v) is 2.19. The lowest BCUT2D eigenvalue weighted by atomic mass is 10.1. The highest BCUT2D eigenvalue weighted by Crippen LogP contribution is 2.25. The molecule has 0 bridgehead atoms. The summed E-state index contributed by atoms with van der Waals surface area (Å²) in [4.78, 5) is 4.24. The molecule has 1 aromatic rings. The molecule has 0 aliphatic carbocycles. The van der Waals surface area contributed by atoms with Gasteiger partial charge in [0.05, 0.1) is 16.1 Å². The molecule has 132 valence electrons. The molecule has 3 N–H and O–H groups in total. The lowest BCUT2D eigenvalue weighted by Gasteiger charge is -2.22. The molecule has 7 heteroatoms. The molecule has 4 nitrogen and oxygen atoms in total. The van der Waals surface area contributed by atoms with Crippen LogP contribution in [-0.4, -0.2) is 31.6 Å². The Morgan fingerprint density at radius 1 is 1.17 bits per heavy atom. The average molecular weight is 473 g/mol. The highest BCUT2D eigenvalue weighted by atomic mass is 127. The van der Waals surface area contributed by atoms with Gasteiger partial charge in [-0.2, -0.15) is 0 Å². The number of guanidine groups is 1. The minimum absolute atomic E-state index is 0. The van der Waals surface area contributed by atoms with Gasteiger partial charge in [0, 0.05) is 25.7 Å². The summed E-state index contributed by atoms with van der Waals surface area (Å²) in [6.07, 6.45) is 0. The molecule has 0 aliphatic heterocycles. The van der Waals surface area contributed by atoms with Crippen molar-refractivity contribution >= 4 is 53.1 Å². The SMILES string of the molecule is CN=C(NCCNC(C)(C)C)NC(C)c1ccc(Cl)c(Cl)c1.I. The molecule has 0 spiro atoms. The van der Waals surface area contributed by atoms with Crippen LogP contribution >= 0.6 is 47.2 Å². The molecule has 1 unspecified atom stereocenters. The van der Waals surface area contributed by atoms with Gasteiger partial charge in [0.2, 0.25) is 0 Å². The number of benzene rings is 1. The van der Waals surface area contributed by atoms with Gasteiger partial charge in [-0.25, -0.2) is 0 Å².